The summed E-state index contributed by atoms with van der Waals surface area (Å²) in [7, 11) is -2.07. The molecule has 0 aliphatic rings. The topological polar surface area (TPSA) is 98.4 Å². The van der Waals surface area contributed by atoms with Gasteiger partial charge < -0.3 is 15.0 Å². The largest absolute Gasteiger partial charge is 0.497 e. The number of hydrogen-bond donors (Lipinski definition) is 3. The lowest BCUT2D eigenvalue weighted by molar-refractivity contribution is 0.415. The minimum absolute atomic E-state index is 0.148. The fourth-order valence-electron chi connectivity index (χ4n) is 3.22. The van der Waals surface area contributed by atoms with Gasteiger partial charge in [-0.3, -0.25) is 4.72 Å². The molecule has 3 rings (SSSR count). The van der Waals surface area contributed by atoms with Crippen molar-refractivity contribution >= 4 is 44.1 Å². The fourth-order valence-corrected chi connectivity index (χ4v) is 4.30. The first kappa shape index (κ1) is 20.3. The highest BCUT2D eigenvalue weighted by Gasteiger charge is 2.17. The van der Waals surface area contributed by atoms with Gasteiger partial charge >= 0.3 is 0 Å². The SMILES string of the molecule is CCn1c(-c2cccc(NS(=O)(=O)NCCCl)c2)c(N)c2ccc(OC)cc21. The standard InChI is InChI=1S/C19H23ClN4O3S/c1-3-24-17-12-15(27-2)7-8-16(17)18(21)19(24)13-5-4-6-14(11-13)23-28(25,26)22-10-9-20/h4-8,11-12,22-23H,3,9-10,21H2,1-2H3. The Labute approximate surface area is 169 Å². The number of aryl methyl sites for hydroxylation is 1. The molecule has 0 radical (unpaired) electrons. The van der Waals surface area contributed by atoms with Crippen LogP contribution in [0.2, 0.25) is 0 Å². The van der Waals surface area contributed by atoms with Gasteiger partial charge in [-0.25, -0.2) is 0 Å². The van der Waals surface area contributed by atoms with E-state index in [9.17, 15) is 8.42 Å². The molecule has 0 aliphatic carbocycles. The van der Waals surface area contributed by atoms with Gasteiger partial charge in [-0.1, -0.05) is 12.1 Å². The van der Waals surface area contributed by atoms with Crippen LogP contribution in [0.3, 0.4) is 0 Å². The second-order valence-corrected chi connectivity index (χ2v) is 8.04. The monoisotopic (exact) mass is 422 g/mol. The molecule has 0 unspecified atom stereocenters. The molecule has 0 saturated heterocycles. The Hall–Kier alpha value is -2.42. The highest BCUT2D eigenvalue weighted by molar-refractivity contribution is 7.90. The van der Waals surface area contributed by atoms with Gasteiger partial charge in [0.1, 0.15) is 5.75 Å². The van der Waals surface area contributed by atoms with Gasteiger partial charge in [-0.15, -0.1) is 11.6 Å². The molecule has 0 amide bonds. The molecule has 0 spiro atoms. The van der Waals surface area contributed by atoms with Crippen molar-refractivity contribution in [1.29, 1.82) is 0 Å². The lowest BCUT2D eigenvalue weighted by atomic mass is 10.1. The van der Waals surface area contributed by atoms with E-state index in [4.69, 9.17) is 22.1 Å². The average Bonchev–Trinajstić information content (AvgIpc) is 2.97. The van der Waals surface area contributed by atoms with Gasteiger partial charge in [0.2, 0.25) is 0 Å². The zero-order valence-electron chi connectivity index (χ0n) is 15.7. The van der Waals surface area contributed by atoms with Crippen molar-refractivity contribution in [3.05, 3.63) is 42.5 Å². The Kier molecular flexibility index (Phi) is 6.02. The molecule has 9 heteroatoms. The van der Waals surface area contributed by atoms with Gasteiger partial charge in [0.15, 0.2) is 0 Å². The number of aromatic nitrogens is 1. The highest BCUT2D eigenvalue weighted by Crippen LogP contribution is 2.38. The van der Waals surface area contributed by atoms with E-state index in [0.29, 0.717) is 17.9 Å². The van der Waals surface area contributed by atoms with Crippen LogP contribution in [0.4, 0.5) is 11.4 Å². The van der Waals surface area contributed by atoms with E-state index in [-0.39, 0.29) is 12.4 Å². The van der Waals surface area contributed by atoms with Crippen LogP contribution in [0.25, 0.3) is 22.2 Å². The molecule has 7 nitrogen and oxygen atoms in total. The van der Waals surface area contributed by atoms with Crippen molar-refractivity contribution in [3.8, 4) is 17.0 Å². The lowest BCUT2D eigenvalue weighted by Gasteiger charge is -2.12. The highest BCUT2D eigenvalue weighted by atomic mass is 35.5. The quantitative estimate of drug-likeness (QED) is 0.484. The number of nitrogen functional groups attached to an aromatic ring is 1. The first-order valence-corrected chi connectivity index (χ1v) is 10.8. The molecule has 3 aromatic rings. The number of rotatable bonds is 8. The average molecular weight is 423 g/mol. The summed E-state index contributed by atoms with van der Waals surface area (Å²) in [6, 6.07) is 12.9. The summed E-state index contributed by atoms with van der Waals surface area (Å²) in [6.07, 6.45) is 0. The van der Waals surface area contributed by atoms with Gasteiger partial charge in [-0.2, -0.15) is 13.1 Å². The van der Waals surface area contributed by atoms with Crippen molar-refractivity contribution in [2.75, 3.05) is 30.0 Å². The number of nitrogens with one attached hydrogen (secondary N) is 2. The van der Waals surface area contributed by atoms with Crippen LogP contribution in [-0.4, -0.2) is 32.5 Å². The summed E-state index contributed by atoms with van der Waals surface area (Å²) >= 11 is 5.55. The first-order chi connectivity index (χ1) is 13.4. The van der Waals surface area contributed by atoms with E-state index in [1.54, 1.807) is 25.3 Å². The maximum absolute atomic E-state index is 12.1. The minimum Gasteiger partial charge on any atom is -0.497 e. The number of benzene rings is 2. The minimum atomic E-state index is -3.69. The van der Waals surface area contributed by atoms with Gasteiger partial charge in [0.05, 0.1) is 29.7 Å². The number of halogens is 1. The fraction of sp³-hybridized carbons (Fsp3) is 0.263. The number of nitrogens with two attached hydrogens (primary N) is 1. The maximum Gasteiger partial charge on any atom is 0.299 e. The molecule has 4 N–H and O–H groups in total. The molecular formula is C19H23ClN4O3S. The molecular weight excluding hydrogens is 400 g/mol. The van der Waals surface area contributed by atoms with Crippen molar-refractivity contribution in [3.63, 3.8) is 0 Å². The molecule has 0 atom stereocenters. The summed E-state index contributed by atoms with van der Waals surface area (Å²) in [6.45, 7) is 2.88. The summed E-state index contributed by atoms with van der Waals surface area (Å²) in [5.41, 5.74) is 10.1. The number of methoxy groups -OCH3 is 1. The second kappa shape index (κ2) is 8.30. The van der Waals surface area contributed by atoms with Crippen LogP contribution >= 0.6 is 11.6 Å². The van der Waals surface area contributed by atoms with E-state index >= 15 is 0 Å². The van der Waals surface area contributed by atoms with E-state index in [2.05, 4.69) is 14.0 Å². The normalized spacial score (nSPS) is 11.7. The van der Waals surface area contributed by atoms with Crippen molar-refractivity contribution in [2.24, 2.45) is 0 Å². The molecule has 2 aromatic carbocycles. The lowest BCUT2D eigenvalue weighted by Crippen LogP contribution is -2.31. The van der Waals surface area contributed by atoms with Crippen LogP contribution in [-0.2, 0) is 16.8 Å². The predicted molar refractivity (Wildman–Crippen MR) is 115 cm³/mol. The molecule has 0 saturated carbocycles. The van der Waals surface area contributed by atoms with E-state index < -0.39 is 10.2 Å². The zero-order valence-corrected chi connectivity index (χ0v) is 17.3. The third-order valence-electron chi connectivity index (χ3n) is 4.40. The summed E-state index contributed by atoms with van der Waals surface area (Å²) < 4.78 is 36.5. The van der Waals surface area contributed by atoms with Gasteiger partial charge in [0, 0.05) is 36.0 Å². The van der Waals surface area contributed by atoms with Crippen molar-refractivity contribution < 1.29 is 13.2 Å². The predicted octanol–water partition coefficient (Wildman–Crippen LogP) is 3.40. The van der Waals surface area contributed by atoms with E-state index in [1.165, 1.54) is 0 Å². The molecule has 0 bridgehead atoms. The zero-order chi connectivity index (χ0) is 20.3. The molecule has 0 fully saturated rings. The number of fused-ring (bicyclic) bond motifs is 1. The van der Waals surface area contributed by atoms with E-state index in [1.807, 2.05) is 31.2 Å². The number of anilines is 2. The van der Waals surface area contributed by atoms with Crippen LogP contribution in [0.15, 0.2) is 42.5 Å². The first-order valence-electron chi connectivity index (χ1n) is 8.79. The Morgan fingerprint density at radius 2 is 2.00 bits per heavy atom. The molecule has 0 aliphatic heterocycles. The van der Waals surface area contributed by atoms with Crippen molar-refractivity contribution in [1.82, 2.24) is 9.29 Å². The summed E-state index contributed by atoms with van der Waals surface area (Å²) in [5, 5.41) is 0.924. The van der Waals surface area contributed by atoms with Gasteiger partial charge in [-0.05, 0) is 31.2 Å². The third kappa shape index (κ3) is 4.04. The van der Waals surface area contributed by atoms with Crippen LogP contribution in [0.1, 0.15) is 6.92 Å². The molecule has 1 aromatic heterocycles. The maximum atomic E-state index is 12.1. The van der Waals surface area contributed by atoms with Crippen LogP contribution < -0.4 is 19.9 Å². The molecule has 150 valence electrons. The number of nitrogens with zero attached hydrogens (tertiary/aromatic N) is 1. The Bertz CT molecular complexity index is 1100. The Morgan fingerprint density at radius 3 is 2.68 bits per heavy atom. The van der Waals surface area contributed by atoms with Crippen LogP contribution in [0, 0.1) is 0 Å². The third-order valence-corrected chi connectivity index (χ3v) is 5.68. The van der Waals surface area contributed by atoms with Gasteiger partial charge in [0.25, 0.3) is 10.2 Å². The Morgan fingerprint density at radius 1 is 1.21 bits per heavy atom. The van der Waals surface area contributed by atoms with Crippen LogP contribution in [0.5, 0.6) is 5.75 Å². The molecule has 28 heavy (non-hydrogen) atoms. The summed E-state index contributed by atoms with van der Waals surface area (Å²) in [4.78, 5) is 0. The Balaban J connectivity index is 2.07. The smallest absolute Gasteiger partial charge is 0.299 e. The number of ether oxygens (including phenoxy) is 1. The number of hydrogen-bond acceptors (Lipinski definition) is 4. The molecule has 1 heterocycles. The van der Waals surface area contributed by atoms with E-state index in [0.717, 1.165) is 27.9 Å². The summed E-state index contributed by atoms with van der Waals surface area (Å²) in [5.74, 6) is 0.940. The van der Waals surface area contributed by atoms with Crippen molar-refractivity contribution in [2.45, 2.75) is 13.5 Å². The number of alkyl halides is 1. The second-order valence-electron chi connectivity index (χ2n) is 6.16.